The van der Waals surface area contributed by atoms with Gasteiger partial charge in [-0.2, -0.15) is 0 Å². The Morgan fingerprint density at radius 3 is 2.24 bits per heavy atom. The molecule has 2 heterocycles. The highest BCUT2D eigenvalue weighted by atomic mass is 16.1. The number of carbonyl (C=O) groups is 1. The van der Waals surface area contributed by atoms with Gasteiger partial charge >= 0.3 is 0 Å². The van der Waals surface area contributed by atoms with Crippen LogP contribution in [-0.4, -0.2) is 20.4 Å². The summed E-state index contributed by atoms with van der Waals surface area (Å²) in [5, 5.41) is 3.08. The Kier molecular flexibility index (Phi) is 5.26. The van der Waals surface area contributed by atoms with Crippen molar-refractivity contribution >= 4 is 33.9 Å². The summed E-state index contributed by atoms with van der Waals surface area (Å²) >= 11 is 0. The molecule has 33 heavy (non-hydrogen) atoms. The Hall–Kier alpha value is -4.19. The van der Waals surface area contributed by atoms with Gasteiger partial charge in [-0.25, -0.2) is 9.97 Å². The van der Waals surface area contributed by atoms with Gasteiger partial charge in [0, 0.05) is 5.69 Å². The van der Waals surface area contributed by atoms with E-state index < -0.39 is 0 Å². The summed E-state index contributed by atoms with van der Waals surface area (Å²) in [5.74, 6) is 0.0460. The van der Waals surface area contributed by atoms with Crippen molar-refractivity contribution in [2.45, 2.75) is 26.3 Å². The number of nitrogens with one attached hydrogen (secondary N) is 1. The number of nitrogen functional groups attached to an aromatic ring is 1. The van der Waals surface area contributed by atoms with E-state index in [9.17, 15) is 4.79 Å². The highest BCUT2D eigenvalue weighted by Crippen LogP contribution is 2.31. The summed E-state index contributed by atoms with van der Waals surface area (Å²) in [4.78, 5) is 23.1. The van der Waals surface area contributed by atoms with Gasteiger partial charge in [0.25, 0.3) is 5.91 Å². The van der Waals surface area contributed by atoms with Crippen molar-refractivity contribution in [2.75, 3.05) is 5.73 Å². The standard InChI is InChI=1S/C27H25N5O/c1-3-18-13-15-20(16-14-18)32-25(28)23(27(33)29-17(2)19-9-5-4-6-10-19)24-26(32)31-22-12-8-7-11-21(22)30-24/h4-17H,3,28H2,1-2H3,(H,29,33). The zero-order chi connectivity index (χ0) is 22.9. The van der Waals surface area contributed by atoms with Gasteiger partial charge in [-0.1, -0.05) is 61.5 Å². The molecule has 1 amide bonds. The van der Waals surface area contributed by atoms with Crippen molar-refractivity contribution in [3.8, 4) is 5.69 Å². The molecule has 3 N–H and O–H groups in total. The maximum atomic E-state index is 13.5. The number of benzene rings is 3. The van der Waals surface area contributed by atoms with Gasteiger partial charge in [-0.15, -0.1) is 0 Å². The predicted molar refractivity (Wildman–Crippen MR) is 132 cm³/mol. The number of aryl methyl sites for hydroxylation is 1. The van der Waals surface area contributed by atoms with E-state index in [1.165, 1.54) is 5.56 Å². The first kappa shape index (κ1) is 20.7. The van der Waals surface area contributed by atoms with Gasteiger partial charge in [0.15, 0.2) is 5.65 Å². The molecule has 6 heteroatoms. The third-order valence-electron chi connectivity index (χ3n) is 5.97. The van der Waals surface area contributed by atoms with Crippen LogP contribution in [0.25, 0.3) is 27.9 Å². The normalized spacial score (nSPS) is 12.2. The first-order chi connectivity index (χ1) is 16.1. The number of hydrogen-bond donors (Lipinski definition) is 2. The third-order valence-corrected chi connectivity index (χ3v) is 5.97. The van der Waals surface area contributed by atoms with Gasteiger partial charge in [-0.3, -0.25) is 9.36 Å². The minimum Gasteiger partial charge on any atom is -0.384 e. The Morgan fingerprint density at radius 1 is 0.939 bits per heavy atom. The quantitative estimate of drug-likeness (QED) is 0.397. The summed E-state index contributed by atoms with van der Waals surface area (Å²) in [6.07, 6.45) is 0.942. The van der Waals surface area contributed by atoms with Gasteiger partial charge in [0.05, 0.1) is 17.1 Å². The van der Waals surface area contributed by atoms with E-state index in [4.69, 9.17) is 15.7 Å². The Labute approximate surface area is 192 Å². The monoisotopic (exact) mass is 435 g/mol. The average Bonchev–Trinajstić information content (AvgIpc) is 3.13. The fourth-order valence-corrected chi connectivity index (χ4v) is 4.12. The van der Waals surface area contributed by atoms with Crippen LogP contribution in [-0.2, 0) is 6.42 Å². The molecule has 5 aromatic rings. The Morgan fingerprint density at radius 2 is 1.58 bits per heavy atom. The van der Waals surface area contributed by atoms with Crippen molar-refractivity contribution in [1.29, 1.82) is 0 Å². The van der Waals surface area contributed by atoms with Crippen LogP contribution in [0.5, 0.6) is 0 Å². The van der Waals surface area contributed by atoms with Crippen molar-refractivity contribution in [2.24, 2.45) is 0 Å². The van der Waals surface area contributed by atoms with Crippen LogP contribution in [0.1, 0.15) is 41.4 Å². The molecular weight excluding hydrogens is 410 g/mol. The minimum absolute atomic E-state index is 0.186. The molecule has 0 aliphatic rings. The van der Waals surface area contributed by atoms with E-state index in [-0.39, 0.29) is 11.9 Å². The SMILES string of the molecule is CCc1ccc(-n2c(N)c(C(=O)NC(C)c3ccccc3)c3nc4ccccc4nc32)cc1. The summed E-state index contributed by atoms with van der Waals surface area (Å²) in [6.45, 7) is 4.07. The Balaban J connectivity index is 1.68. The summed E-state index contributed by atoms with van der Waals surface area (Å²) < 4.78 is 1.82. The number of rotatable bonds is 5. The van der Waals surface area contributed by atoms with Crippen LogP contribution in [0.3, 0.4) is 0 Å². The zero-order valence-corrected chi connectivity index (χ0v) is 18.6. The number of hydrogen-bond acceptors (Lipinski definition) is 4. The van der Waals surface area contributed by atoms with E-state index in [1.807, 2.05) is 78.2 Å². The van der Waals surface area contributed by atoms with Crippen molar-refractivity contribution < 1.29 is 4.79 Å². The predicted octanol–water partition coefficient (Wildman–Crippen LogP) is 5.21. The third kappa shape index (κ3) is 3.69. The molecule has 0 radical (unpaired) electrons. The lowest BCUT2D eigenvalue weighted by molar-refractivity contribution is 0.0942. The maximum absolute atomic E-state index is 13.5. The largest absolute Gasteiger partial charge is 0.384 e. The molecule has 2 aromatic heterocycles. The lowest BCUT2D eigenvalue weighted by atomic mass is 10.1. The van der Waals surface area contributed by atoms with Crippen LogP contribution in [0.2, 0.25) is 0 Å². The van der Waals surface area contributed by atoms with Crippen LogP contribution < -0.4 is 11.1 Å². The van der Waals surface area contributed by atoms with Gasteiger partial charge < -0.3 is 11.1 Å². The highest BCUT2D eigenvalue weighted by Gasteiger charge is 2.25. The summed E-state index contributed by atoms with van der Waals surface area (Å²) in [5.41, 5.74) is 12.6. The topological polar surface area (TPSA) is 85.8 Å². The fourth-order valence-electron chi connectivity index (χ4n) is 4.12. The van der Waals surface area contributed by atoms with E-state index in [0.29, 0.717) is 28.1 Å². The zero-order valence-electron chi connectivity index (χ0n) is 18.6. The van der Waals surface area contributed by atoms with E-state index in [1.54, 1.807) is 0 Å². The fraction of sp³-hybridized carbons (Fsp3) is 0.148. The van der Waals surface area contributed by atoms with Crippen molar-refractivity contribution in [3.63, 3.8) is 0 Å². The number of nitrogens with zero attached hydrogens (tertiary/aromatic N) is 3. The molecule has 3 aromatic carbocycles. The number of fused-ring (bicyclic) bond motifs is 2. The molecule has 0 aliphatic carbocycles. The second-order valence-corrected chi connectivity index (χ2v) is 8.11. The van der Waals surface area contributed by atoms with Crippen LogP contribution in [0.4, 0.5) is 5.82 Å². The highest BCUT2D eigenvalue weighted by molar-refractivity contribution is 6.11. The van der Waals surface area contributed by atoms with Gasteiger partial charge in [-0.05, 0) is 48.7 Å². The number of amides is 1. The summed E-state index contributed by atoms with van der Waals surface area (Å²) in [7, 11) is 0. The smallest absolute Gasteiger partial charge is 0.257 e. The molecule has 5 rings (SSSR count). The first-order valence-electron chi connectivity index (χ1n) is 11.1. The molecule has 6 nitrogen and oxygen atoms in total. The lowest BCUT2D eigenvalue weighted by Gasteiger charge is -2.14. The van der Waals surface area contributed by atoms with Crippen molar-refractivity contribution in [3.05, 3.63) is 95.6 Å². The number of para-hydroxylation sites is 2. The lowest BCUT2D eigenvalue weighted by Crippen LogP contribution is -2.27. The second kappa shape index (κ2) is 8.39. The number of aromatic nitrogens is 3. The molecule has 0 spiro atoms. The van der Waals surface area contributed by atoms with Crippen LogP contribution in [0.15, 0.2) is 78.9 Å². The number of nitrogens with two attached hydrogens (primary N) is 1. The van der Waals surface area contributed by atoms with Gasteiger partial charge in [0.2, 0.25) is 0 Å². The molecule has 0 fully saturated rings. The van der Waals surface area contributed by atoms with Crippen LogP contribution in [0, 0.1) is 0 Å². The van der Waals surface area contributed by atoms with E-state index in [0.717, 1.165) is 23.2 Å². The maximum Gasteiger partial charge on any atom is 0.257 e. The number of anilines is 1. The molecule has 0 bridgehead atoms. The molecule has 0 saturated carbocycles. The summed E-state index contributed by atoms with van der Waals surface area (Å²) in [6, 6.07) is 25.4. The first-order valence-corrected chi connectivity index (χ1v) is 11.1. The van der Waals surface area contributed by atoms with E-state index in [2.05, 4.69) is 24.4 Å². The molecule has 1 unspecified atom stereocenters. The van der Waals surface area contributed by atoms with Gasteiger partial charge in [0.1, 0.15) is 16.9 Å². The molecular formula is C27H25N5O. The van der Waals surface area contributed by atoms with E-state index >= 15 is 0 Å². The molecule has 0 saturated heterocycles. The molecule has 164 valence electrons. The van der Waals surface area contributed by atoms with Crippen LogP contribution >= 0.6 is 0 Å². The number of carbonyl (C=O) groups excluding carboxylic acids is 1. The average molecular weight is 436 g/mol. The molecule has 1 atom stereocenters. The molecule has 0 aliphatic heterocycles. The Bertz CT molecular complexity index is 1460. The van der Waals surface area contributed by atoms with Crippen molar-refractivity contribution in [1.82, 2.24) is 19.9 Å². The second-order valence-electron chi connectivity index (χ2n) is 8.11. The minimum atomic E-state index is -0.276.